The molecule has 7 aromatic heterocycles. The minimum Gasteiger partial charge on any atom is -0.494 e. The number of unbranched alkanes of at least 4 members (excludes halogenated alkanes) is 8. The summed E-state index contributed by atoms with van der Waals surface area (Å²) in [7, 11) is -3.79. The third kappa shape index (κ3) is 26.5. The maximum absolute atomic E-state index is 15.1. The van der Waals surface area contributed by atoms with Crippen LogP contribution in [-0.4, -0.2) is 109 Å². The molecule has 29 heteroatoms. The molecule has 0 atom stereocenters. The topological polar surface area (TPSA) is 353 Å². The quantitative estimate of drug-likeness (QED) is 0.0165. The van der Waals surface area contributed by atoms with Gasteiger partial charge >= 0.3 is 0 Å². The van der Waals surface area contributed by atoms with E-state index in [2.05, 4.69) is 124 Å². The Morgan fingerprint density at radius 3 is 1.27 bits per heavy atom. The predicted molar refractivity (Wildman–Crippen MR) is 558 cm³/mol. The lowest BCUT2D eigenvalue weighted by molar-refractivity contribution is 0.0978. The van der Waals surface area contributed by atoms with E-state index in [1.807, 2.05) is 137 Å². The zero-order valence-corrected chi connectivity index (χ0v) is 82.9. The summed E-state index contributed by atoms with van der Waals surface area (Å²) in [5.74, 6) is 2.78. The molecule has 8 aromatic carbocycles. The minimum absolute atomic E-state index is 0.0388. The molecule has 0 aliphatic heterocycles. The fourth-order valence-electron chi connectivity index (χ4n) is 16.4. The summed E-state index contributed by atoms with van der Waals surface area (Å²) in [5.41, 5.74) is 12.8. The molecule has 3 aliphatic rings. The number of H-pyrrole nitrogens is 6. The molecule has 0 spiro atoms. The number of sulfonamides is 1. The molecular weight excluding hydrogens is 1840 g/mol. The van der Waals surface area contributed by atoms with Gasteiger partial charge in [-0.2, -0.15) is 10.2 Å². The van der Waals surface area contributed by atoms with Crippen LogP contribution in [0.3, 0.4) is 0 Å². The Hall–Kier alpha value is -14.7. The average Bonchev–Trinajstić information content (AvgIpc) is 0.819. The van der Waals surface area contributed by atoms with E-state index >= 15 is 8.78 Å². The highest BCUT2D eigenvalue weighted by molar-refractivity contribution is 7.91. The Balaban J connectivity index is 0.000000143. The van der Waals surface area contributed by atoms with Crippen molar-refractivity contribution in [2.45, 2.75) is 194 Å². The van der Waals surface area contributed by atoms with Gasteiger partial charge in [-0.3, -0.25) is 39.0 Å². The highest BCUT2D eigenvalue weighted by Gasteiger charge is 2.38. The van der Waals surface area contributed by atoms with Crippen LogP contribution in [0.4, 0.5) is 14.5 Å². The lowest BCUT2D eigenvalue weighted by atomic mass is 9.96. The van der Waals surface area contributed by atoms with Gasteiger partial charge < -0.3 is 48.9 Å². The van der Waals surface area contributed by atoms with E-state index in [0.29, 0.717) is 148 Å². The van der Waals surface area contributed by atoms with Gasteiger partial charge in [0.25, 0.3) is 34.1 Å². The number of hydrogen-bond donors (Lipinski definition) is 8. The number of halogens is 2. The molecular formula is C113H120F2N12O13S2. The summed E-state index contributed by atoms with van der Waals surface area (Å²) in [6.07, 6.45) is 22.4. The molecule has 2 amide bonds. The second-order valence-corrected chi connectivity index (χ2v) is 38.9. The van der Waals surface area contributed by atoms with Crippen LogP contribution in [0.15, 0.2) is 244 Å². The summed E-state index contributed by atoms with van der Waals surface area (Å²) in [6.45, 7) is 19.3. The first-order chi connectivity index (χ1) is 69.0. The first-order valence-corrected chi connectivity index (χ1v) is 51.5. The first kappa shape index (κ1) is 102. The molecule has 8 N–H and O–H groups in total. The zero-order chi connectivity index (χ0) is 99.8. The van der Waals surface area contributed by atoms with Crippen LogP contribution in [0.5, 0.6) is 28.7 Å². The van der Waals surface area contributed by atoms with Crippen LogP contribution in [0.25, 0.3) is 112 Å². The van der Waals surface area contributed by atoms with Crippen LogP contribution in [-0.2, 0) is 16.4 Å². The van der Waals surface area contributed by atoms with Gasteiger partial charge in [0.15, 0.2) is 11.6 Å². The van der Waals surface area contributed by atoms with Gasteiger partial charge in [-0.15, -0.1) is 11.3 Å². The van der Waals surface area contributed by atoms with E-state index in [1.165, 1.54) is 92.2 Å². The van der Waals surface area contributed by atoms with Gasteiger partial charge in [-0.05, 0) is 246 Å². The summed E-state index contributed by atoms with van der Waals surface area (Å²) in [5, 5.41) is 15.7. The van der Waals surface area contributed by atoms with Crippen molar-refractivity contribution < 1.29 is 50.5 Å². The lowest BCUT2D eigenvalue weighted by Crippen LogP contribution is -2.36. The summed E-state index contributed by atoms with van der Waals surface area (Å²) in [4.78, 5) is 101. The van der Waals surface area contributed by atoms with Crippen LogP contribution in [0.2, 0.25) is 0 Å². The molecule has 3 aliphatic carbocycles. The number of aromatic amines is 6. The van der Waals surface area contributed by atoms with Gasteiger partial charge in [0, 0.05) is 78.3 Å². The molecule has 0 unspecified atom stereocenters. The van der Waals surface area contributed by atoms with Crippen molar-refractivity contribution in [3.8, 4) is 140 Å². The number of aromatic nitrogens is 10. The largest absolute Gasteiger partial charge is 0.494 e. The van der Waals surface area contributed by atoms with Crippen molar-refractivity contribution in [1.29, 1.82) is 0 Å². The molecule has 142 heavy (non-hydrogen) atoms. The summed E-state index contributed by atoms with van der Waals surface area (Å²) >= 11 is 1.48. The number of rotatable bonds is 40. The third-order valence-corrected chi connectivity index (χ3v) is 27.9. The fourth-order valence-corrected chi connectivity index (χ4v) is 18.7. The summed E-state index contributed by atoms with van der Waals surface area (Å²) < 4.78 is 86.0. The molecule has 0 radical (unpaired) electrons. The maximum atomic E-state index is 15.1. The van der Waals surface area contributed by atoms with E-state index in [9.17, 15) is 37.2 Å². The number of carbonyl (C=O) groups is 2. The van der Waals surface area contributed by atoms with E-state index < -0.39 is 49.8 Å². The maximum Gasteiger partial charge on any atom is 0.271 e. The number of carbonyl (C=O) groups excluding carboxylic acids is 2. The average molecular weight is 1960 g/mol. The molecule has 736 valence electrons. The number of hydrogen-bond acceptors (Lipinski definition) is 18. The Kier molecular flexibility index (Phi) is 34.7. The Labute approximate surface area is 828 Å². The van der Waals surface area contributed by atoms with Crippen LogP contribution < -0.4 is 56.0 Å². The third-order valence-electron chi connectivity index (χ3n) is 24.8. The van der Waals surface area contributed by atoms with Crippen molar-refractivity contribution in [1.82, 2.24) is 55.0 Å². The van der Waals surface area contributed by atoms with E-state index in [4.69, 9.17) is 23.7 Å². The number of thiophene rings is 1. The molecule has 18 rings (SSSR count). The SMILES string of the molecule is CCCCCCOc1ccc(-c2cc(-c3ccc(C4CC4)cc3)c(-c3ncn[nH]3)c(=O)[nH]2)c(F)c1.CCCCCCOc1ccc(-c2cc(-c3ccc(C4CC4)cc3)c(-c3ncn[nH]3)c(=O)[nH]2)c(OCC)c1.CCCCOc1ccc(-c2cc(-c3ccc(C)cc3)c(C(=O)Nc3ccc(C)cc3)c(=O)[nH]2)c(F)c1.CCCCOc1ccc(-c2cc(-c3ccc(CC)s3)c(C(=O)NS(=O)(=O)C3CC3)c(=O)[nH]2)cc1. The lowest BCUT2D eigenvalue weighted by Gasteiger charge is -2.15. The Morgan fingerprint density at radius 1 is 0.401 bits per heavy atom. The monoisotopic (exact) mass is 1950 g/mol. The predicted octanol–water partition coefficient (Wildman–Crippen LogP) is 24.8. The van der Waals surface area contributed by atoms with E-state index in [0.717, 1.165) is 124 Å². The second kappa shape index (κ2) is 48.4. The molecule has 7 heterocycles. The number of anilines is 1. The molecule has 25 nitrogen and oxygen atoms in total. The Bertz CT molecular complexity index is 7200. The first-order valence-electron chi connectivity index (χ1n) is 49.1. The summed E-state index contributed by atoms with van der Waals surface area (Å²) in [6, 6.07) is 65.0. The van der Waals surface area contributed by atoms with Crippen molar-refractivity contribution >= 4 is 38.9 Å². The molecule has 0 saturated heterocycles. The number of amides is 2. The number of aryl methyl sites for hydroxylation is 3. The number of nitrogens with zero attached hydrogens (tertiary/aromatic N) is 4. The second-order valence-electron chi connectivity index (χ2n) is 35.8. The number of nitrogens with one attached hydrogen (secondary N) is 8. The zero-order valence-electron chi connectivity index (χ0n) is 81.2. The normalized spacial score (nSPS) is 12.6. The van der Waals surface area contributed by atoms with Gasteiger partial charge in [-0.1, -0.05) is 182 Å². The van der Waals surface area contributed by atoms with Crippen LogP contribution >= 0.6 is 11.3 Å². The number of benzene rings is 8. The van der Waals surface area contributed by atoms with Gasteiger partial charge in [-0.25, -0.2) is 31.9 Å². The van der Waals surface area contributed by atoms with Crippen molar-refractivity contribution in [3.63, 3.8) is 0 Å². The van der Waals surface area contributed by atoms with Crippen molar-refractivity contribution in [2.75, 3.05) is 38.4 Å². The fraction of sp³-hybridized carbons (Fsp3) is 0.310. The van der Waals surface area contributed by atoms with Crippen molar-refractivity contribution in [3.05, 3.63) is 316 Å². The molecule has 3 saturated carbocycles. The van der Waals surface area contributed by atoms with E-state index in [1.54, 1.807) is 54.6 Å². The van der Waals surface area contributed by atoms with Gasteiger partial charge in [0.05, 0.1) is 66.5 Å². The van der Waals surface area contributed by atoms with Crippen LogP contribution in [0.1, 0.15) is 217 Å². The highest BCUT2D eigenvalue weighted by Crippen LogP contribution is 2.45. The van der Waals surface area contributed by atoms with Crippen molar-refractivity contribution in [2.24, 2.45) is 0 Å². The van der Waals surface area contributed by atoms with Gasteiger partial charge in [0.1, 0.15) is 64.2 Å². The number of pyridine rings is 4. The molecule has 15 aromatic rings. The van der Waals surface area contributed by atoms with Gasteiger partial charge in [0.2, 0.25) is 10.0 Å². The molecule has 3 fully saturated rings. The van der Waals surface area contributed by atoms with Crippen LogP contribution in [0, 0.1) is 25.5 Å². The Morgan fingerprint density at radius 2 is 0.817 bits per heavy atom. The van der Waals surface area contributed by atoms with E-state index in [-0.39, 0.29) is 33.5 Å². The minimum atomic E-state index is -3.79. The smallest absolute Gasteiger partial charge is 0.271 e. The highest BCUT2D eigenvalue weighted by atomic mass is 32.2. The number of ether oxygens (including phenoxy) is 5. The standard InChI is InChI=1S/C30H29FN2O3.C30H34N4O3.C28H29FN4O2.C25H28N2O5S2/c1-4-5-16-36-23-14-15-24(26(31)17-23)27-18-25(21-10-6-19(2)7-11-21)28(30(35)33-27)29(34)32-22-12-8-20(3)9-13-22;1-3-5-6-7-16-37-23-14-15-24(27(17-23)36-4-2)26-18-25(22-12-10-21(11-13-22)20-8-9-20)28(30(35)33-26)29-31-19-32-34-29;1-2-3-4-5-14-35-21-12-13-22(24(29)15-21)25-16-23(20-10-8-19(9-11-20)18-6-7-18)26(28(34)32-25)27-30-17-31-33-27;1-3-5-14-32-17-8-6-16(7-9-17)21-15-20(22-13-10-18(4-2)33-22)23(24(28)26-21)25(29)27-34(30,31)19-11-12-19/h6-15,17-18H,4-5,16H2,1-3H3,(H,32,34)(H,33,35);10-15,17-20H,3-9,16H2,1-2H3,(H,33,35)(H,31,32,34);8-13,15-18H,2-7,14H2,1H3,(H,32,34)(H,30,31,33);6-10,13,15,19H,3-5,11-12,14H2,1-2H3,(H,26,28)(H,27,29). The molecule has 0 bridgehead atoms.